The number of rotatable bonds is 7. The summed E-state index contributed by atoms with van der Waals surface area (Å²) in [5.74, 6) is -0.0602. The van der Waals surface area contributed by atoms with Crippen LogP contribution in [0.2, 0.25) is 0 Å². The summed E-state index contributed by atoms with van der Waals surface area (Å²) >= 11 is 0. The van der Waals surface area contributed by atoms with Gasteiger partial charge in [-0.25, -0.2) is 0 Å². The molecule has 0 aromatic heterocycles. The minimum absolute atomic E-state index is 0.0602. The summed E-state index contributed by atoms with van der Waals surface area (Å²) in [6.07, 6.45) is 0.964. The molecule has 0 fully saturated rings. The summed E-state index contributed by atoms with van der Waals surface area (Å²) in [6.45, 7) is 14.2. The van der Waals surface area contributed by atoms with Gasteiger partial charge in [-0.2, -0.15) is 0 Å². The van der Waals surface area contributed by atoms with Crippen molar-refractivity contribution in [2.24, 2.45) is 5.41 Å². The highest BCUT2D eigenvalue weighted by molar-refractivity contribution is 5.77. The van der Waals surface area contributed by atoms with Crippen LogP contribution in [0.5, 0.6) is 0 Å². The van der Waals surface area contributed by atoms with Crippen LogP contribution in [0.1, 0.15) is 48.0 Å². The molecule has 4 heteroatoms. The first kappa shape index (κ1) is 17.4. The molecule has 1 amide bonds. The Morgan fingerprint density at radius 3 is 2.17 bits per heavy atom. The number of hydrogen-bond acceptors (Lipinski definition) is 3. The maximum atomic E-state index is 11.4. The molecular formula is C14H29NO3. The number of amides is 1. The zero-order valence-electron chi connectivity index (χ0n) is 12.8. The van der Waals surface area contributed by atoms with Gasteiger partial charge in [-0.15, -0.1) is 0 Å². The average molecular weight is 259 g/mol. The van der Waals surface area contributed by atoms with Gasteiger partial charge in [-0.3, -0.25) is 4.79 Å². The summed E-state index contributed by atoms with van der Waals surface area (Å²) in [7, 11) is 0. The maximum Gasteiger partial charge on any atom is 0.245 e. The smallest absolute Gasteiger partial charge is 0.245 e. The molecule has 1 N–H and O–H groups in total. The van der Waals surface area contributed by atoms with E-state index in [4.69, 9.17) is 9.47 Å². The monoisotopic (exact) mass is 259 g/mol. The predicted molar refractivity (Wildman–Crippen MR) is 73.6 cm³/mol. The van der Waals surface area contributed by atoms with E-state index >= 15 is 0 Å². The highest BCUT2D eigenvalue weighted by atomic mass is 16.5. The molecule has 0 bridgehead atoms. The van der Waals surface area contributed by atoms with E-state index in [1.54, 1.807) is 0 Å². The zero-order valence-corrected chi connectivity index (χ0v) is 12.8. The second-order valence-electron chi connectivity index (χ2n) is 6.67. The number of ether oxygens (including phenoxy) is 2. The first-order chi connectivity index (χ1) is 8.10. The molecule has 0 aromatic rings. The third-order valence-electron chi connectivity index (χ3n) is 2.19. The lowest BCUT2D eigenvalue weighted by molar-refractivity contribution is -0.126. The fourth-order valence-corrected chi connectivity index (χ4v) is 1.20. The molecule has 0 unspecified atom stereocenters. The summed E-state index contributed by atoms with van der Waals surface area (Å²) in [4.78, 5) is 11.4. The Bertz CT molecular complexity index is 238. The summed E-state index contributed by atoms with van der Waals surface area (Å²) in [6, 6.07) is 0. The van der Waals surface area contributed by atoms with Gasteiger partial charge in [0.25, 0.3) is 0 Å². The molecule has 0 atom stereocenters. The lowest BCUT2D eigenvalue weighted by atomic mass is 9.92. The van der Waals surface area contributed by atoms with Crippen molar-refractivity contribution in [3.63, 3.8) is 0 Å². The first-order valence-corrected chi connectivity index (χ1v) is 6.58. The van der Waals surface area contributed by atoms with Crippen LogP contribution in [0.15, 0.2) is 0 Å². The van der Waals surface area contributed by atoms with E-state index in [0.717, 1.165) is 6.42 Å². The molecule has 18 heavy (non-hydrogen) atoms. The van der Waals surface area contributed by atoms with Gasteiger partial charge in [-0.1, -0.05) is 20.8 Å². The van der Waals surface area contributed by atoms with E-state index in [1.807, 2.05) is 20.8 Å². The van der Waals surface area contributed by atoms with Crippen LogP contribution in [0.3, 0.4) is 0 Å². The van der Waals surface area contributed by atoms with Crippen LogP contribution in [0.25, 0.3) is 0 Å². The molecule has 0 heterocycles. The highest BCUT2D eigenvalue weighted by Gasteiger charge is 2.11. The number of carbonyl (C=O) groups excluding carboxylic acids is 1. The SMILES string of the molecule is CC(C)(C)CCNC(=O)COCCOC(C)(C)C. The Morgan fingerprint density at radius 1 is 1.06 bits per heavy atom. The lowest BCUT2D eigenvalue weighted by Gasteiger charge is -2.19. The summed E-state index contributed by atoms with van der Waals surface area (Å²) < 4.78 is 10.7. The number of nitrogens with one attached hydrogen (secondary N) is 1. The minimum Gasteiger partial charge on any atom is -0.373 e. The molecule has 0 saturated heterocycles. The molecule has 0 saturated carbocycles. The van der Waals surface area contributed by atoms with Crippen molar-refractivity contribution in [3.8, 4) is 0 Å². The Kier molecular flexibility index (Phi) is 7.48. The Labute approximate surface area is 111 Å². The minimum atomic E-state index is -0.154. The Hall–Kier alpha value is -0.610. The van der Waals surface area contributed by atoms with Crippen LogP contribution < -0.4 is 5.32 Å². The van der Waals surface area contributed by atoms with Crippen LogP contribution in [0, 0.1) is 5.41 Å². The van der Waals surface area contributed by atoms with Crippen molar-refractivity contribution in [1.82, 2.24) is 5.32 Å². The van der Waals surface area contributed by atoms with Gasteiger partial charge >= 0.3 is 0 Å². The molecule has 0 aliphatic heterocycles. The quantitative estimate of drug-likeness (QED) is 0.714. The maximum absolute atomic E-state index is 11.4. The topological polar surface area (TPSA) is 47.6 Å². The van der Waals surface area contributed by atoms with Crippen molar-refractivity contribution in [2.75, 3.05) is 26.4 Å². The molecule has 0 aliphatic carbocycles. The van der Waals surface area contributed by atoms with E-state index in [2.05, 4.69) is 26.1 Å². The molecule has 0 aliphatic rings. The molecule has 4 nitrogen and oxygen atoms in total. The first-order valence-electron chi connectivity index (χ1n) is 6.58. The fraction of sp³-hybridized carbons (Fsp3) is 0.929. The molecule has 108 valence electrons. The van der Waals surface area contributed by atoms with E-state index < -0.39 is 0 Å². The number of carbonyl (C=O) groups is 1. The van der Waals surface area contributed by atoms with Gasteiger partial charge < -0.3 is 14.8 Å². The van der Waals surface area contributed by atoms with Gasteiger partial charge in [0, 0.05) is 6.54 Å². The van der Waals surface area contributed by atoms with E-state index in [0.29, 0.717) is 19.8 Å². The highest BCUT2D eigenvalue weighted by Crippen LogP contribution is 2.16. The largest absolute Gasteiger partial charge is 0.373 e. The second kappa shape index (κ2) is 7.74. The fourth-order valence-electron chi connectivity index (χ4n) is 1.20. The van der Waals surface area contributed by atoms with Crippen LogP contribution in [0.4, 0.5) is 0 Å². The van der Waals surface area contributed by atoms with Gasteiger partial charge in [0.2, 0.25) is 5.91 Å². The Balaban J connectivity index is 3.44. The number of hydrogen-bond donors (Lipinski definition) is 1. The van der Waals surface area contributed by atoms with Gasteiger partial charge in [0.1, 0.15) is 6.61 Å². The van der Waals surface area contributed by atoms with Crippen LogP contribution in [-0.4, -0.2) is 37.9 Å². The Morgan fingerprint density at radius 2 is 1.67 bits per heavy atom. The normalized spacial score (nSPS) is 12.6. The molecule has 0 spiro atoms. The zero-order chi connectivity index (χ0) is 14.2. The summed E-state index contributed by atoms with van der Waals surface area (Å²) in [5.41, 5.74) is 0.0903. The lowest BCUT2D eigenvalue weighted by Crippen LogP contribution is -2.31. The second-order valence-corrected chi connectivity index (χ2v) is 6.67. The van der Waals surface area contributed by atoms with Crippen molar-refractivity contribution >= 4 is 5.91 Å². The molecule has 0 aromatic carbocycles. The third kappa shape index (κ3) is 13.5. The van der Waals surface area contributed by atoms with Crippen molar-refractivity contribution in [1.29, 1.82) is 0 Å². The van der Waals surface area contributed by atoms with Crippen molar-refractivity contribution in [2.45, 2.75) is 53.6 Å². The van der Waals surface area contributed by atoms with E-state index in [1.165, 1.54) is 0 Å². The third-order valence-corrected chi connectivity index (χ3v) is 2.19. The van der Waals surface area contributed by atoms with Crippen molar-refractivity contribution in [3.05, 3.63) is 0 Å². The van der Waals surface area contributed by atoms with Crippen LogP contribution >= 0.6 is 0 Å². The van der Waals surface area contributed by atoms with E-state index in [-0.39, 0.29) is 23.5 Å². The molecule has 0 radical (unpaired) electrons. The van der Waals surface area contributed by atoms with Gasteiger partial charge in [0.05, 0.1) is 18.8 Å². The van der Waals surface area contributed by atoms with Gasteiger partial charge in [-0.05, 0) is 32.6 Å². The standard InChI is InChI=1S/C14H29NO3/c1-13(2,3)7-8-15-12(16)11-17-9-10-18-14(4,5)6/h7-11H2,1-6H3,(H,15,16). The van der Waals surface area contributed by atoms with Gasteiger partial charge in [0.15, 0.2) is 0 Å². The molecule has 0 rings (SSSR count). The van der Waals surface area contributed by atoms with E-state index in [9.17, 15) is 4.79 Å². The van der Waals surface area contributed by atoms with Crippen molar-refractivity contribution < 1.29 is 14.3 Å². The average Bonchev–Trinajstić information content (AvgIpc) is 2.13. The summed E-state index contributed by atoms with van der Waals surface area (Å²) in [5, 5.41) is 2.84. The molecular weight excluding hydrogens is 230 g/mol. The predicted octanol–water partition coefficient (Wildman–Crippen LogP) is 2.37. The van der Waals surface area contributed by atoms with Crippen LogP contribution in [-0.2, 0) is 14.3 Å².